The van der Waals surface area contributed by atoms with Crippen molar-refractivity contribution >= 4 is 48.3 Å². The second-order valence-corrected chi connectivity index (χ2v) is 14.2. The van der Waals surface area contributed by atoms with Gasteiger partial charge in [0.05, 0.1) is 22.4 Å². The van der Waals surface area contributed by atoms with Gasteiger partial charge in [0.15, 0.2) is 5.13 Å². The van der Waals surface area contributed by atoms with Gasteiger partial charge in [-0.2, -0.15) is 4.31 Å². The van der Waals surface area contributed by atoms with Crippen molar-refractivity contribution in [2.75, 3.05) is 24.6 Å². The third-order valence-electron chi connectivity index (χ3n) is 7.31. The largest absolute Gasteiger partial charge is 0.398 e. The van der Waals surface area contributed by atoms with Gasteiger partial charge in [-0.1, -0.05) is 73.7 Å². The van der Waals surface area contributed by atoms with E-state index in [0.717, 1.165) is 10.3 Å². The Morgan fingerprint density at radius 1 is 1.09 bits per heavy atom. The monoisotopic (exact) mass is 621 g/mol. The van der Waals surface area contributed by atoms with E-state index in [-0.39, 0.29) is 19.0 Å². The van der Waals surface area contributed by atoms with E-state index in [2.05, 4.69) is 16.9 Å². The molecule has 4 aromatic rings. The molecule has 9 nitrogen and oxygen atoms in total. The van der Waals surface area contributed by atoms with E-state index in [4.69, 9.17) is 11.5 Å². The van der Waals surface area contributed by atoms with Crippen molar-refractivity contribution in [3.8, 4) is 0 Å². The number of aromatic nitrogens is 1. The summed E-state index contributed by atoms with van der Waals surface area (Å²) in [6.07, 6.45) is 0.458. The van der Waals surface area contributed by atoms with Crippen LogP contribution in [0.1, 0.15) is 46.1 Å². The topological polar surface area (TPSA) is 152 Å². The summed E-state index contributed by atoms with van der Waals surface area (Å²) in [5.41, 5.74) is 15.5. The van der Waals surface area contributed by atoms with Gasteiger partial charge < -0.3 is 21.9 Å². The molecule has 3 aromatic carbocycles. The minimum absolute atomic E-state index is 0.0340. The number of amides is 1. The lowest BCUT2D eigenvalue weighted by atomic mass is 9.99. The van der Waals surface area contributed by atoms with Crippen LogP contribution in [0, 0.1) is 12.8 Å². The van der Waals surface area contributed by atoms with E-state index < -0.39 is 33.3 Å². The molecule has 43 heavy (non-hydrogen) atoms. The van der Waals surface area contributed by atoms with Crippen LogP contribution in [0.4, 0.5) is 10.8 Å². The Bertz CT molecular complexity index is 1690. The number of anilines is 2. The third-order valence-corrected chi connectivity index (χ3v) is 10.3. The number of hydrogen-bond acceptors (Lipinski definition) is 8. The number of carbonyl (C=O) groups is 1. The first kappa shape index (κ1) is 32.2. The Morgan fingerprint density at radius 2 is 1.81 bits per heavy atom. The van der Waals surface area contributed by atoms with Crippen LogP contribution >= 0.6 is 11.3 Å². The quantitative estimate of drug-likeness (QED) is 0.125. The second kappa shape index (κ2) is 13.7. The molecule has 0 radical (unpaired) electrons. The lowest BCUT2D eigenvalue weighted by Crippen LogP contribution is -2.51. The predicted octanol–water partition coefficient (Wildman–Crippen LogP) is 4.69. The molecule has 0 spiro atoms. The number of fused-ring (bicyclic) bond motifs is 1. The molecule has 6 N–H and O–H groups in total. The number of sulfonamides is 1. The maximum atomic E-state index is 14.2. The summed E-state index contributed by atoms with van der Waals surface area (Å²) in [5, 5.41) is 13.9. The Labute approximate surface area is 257 Å². The van der Waals surface area contributed by atoms with Crippen LogP contribution < -0.4 is 16.8 Å². The van der Waals surface area contributed by atoms with Crippen LogP contribution in [-0.4, -0.2) is 54.0 Å². The highest BCUT2D eigenvalue weighted by Gasteiger charge is 2.35. The second-order valence-electron chi connectivity index (χ2n) is 11.0. The van der Waals surface area contributed by atoms with Crippen LogP contribution in [0.5, 0.6) is 0 Å². The van der Waals surface area contributed by atoms with Crippen molar-refractivity contribution < 1.29 is 18.3 Å². The van der Waals surface area contributed by atoms with Gasteiger partial charge in [0.1, 0.15) is 5.25 Å². The number of carbonyl (C=O) groups excluding carboxylic acids is 1. The van der Waals surface area contributed by atoms with Gasteiger partial charge in [0, 0.05) is 24.3 Å². The van der Waals surface area contributed by atoms with Gasteiger partial charge in [-0.05, 0) is 60.2 Å². The molecule has 0 bridgehead atoms. The third kappa shape index (κ3) is 7.61. The zero-order chi connectivity index (χ0) is 31.3. The minimum Gasteiger partial charge on any atom is -0.398 e. The van der Waals surface area contributed by atoms with E-state index >= 15 is 0 Å². The van der Waals surface area contributed by atoms with E-state index in [0.29, 0.717) is 39.4 Å². The first-order valence-corrected chi connectivity index (χ1v) is 16.4. The average Bonchev–Trinajstić information content (AvgIpc) is 3.33. The van der Waals surface area contributed by atoms with Crippen LogP contribution in [-0.2, 0) is 16.4 Å². The molecular weight excluding hydrogens is 583 g/mol. The fourth-order valence-electron chi connectivity index (χ4n) is 5.05. The van der Waals surface area contributed by atoms with Crippen molar-refractivity contribution in [1.82, 2.24) is 14.6 Å². The van der Waals surface area contributed by atoms with Crippen molar-refractivity contribution in [1.29, 1.82) is 0 Å². The number of nitrogens with two attached hydrogens (primary N) is 2. The minimum atomic E-state index is -4.04. The molecule has 1 heterocycles. The van der Waals surface area contributed by atoms with Crippen molar-refractivity contribution in [3.63, 3.8) is 0 Å². The van der Waals surface area contributed by atoms with Crippen LogP contribution in [0.25, 0.3) is 10.2 Å². The first-order chi connectivity index (χ1) is 20.4. The lowest BCUT2D eigenvalue weighted by molar-refractivity contribution is 0.0775. The molecule has 4 rings (SSSR count). The number of nitrogen functional groups attached to an aromatic ring is 2. The van der Waals surface area contributed by atoms with Crippen molar-refractivity contribution in [2.45, 2.75) is 44.6 Å². The van der Waals surface area contributed by atoms with E-state index in [9.17, 15) is 18.3 Å². The highest BCUT2D eigenvalue weighted by atomic mass is 32.2. The Balaban J connectivity index is 1.65. The summed E-state index contributed by atoms with van der Waals surface area (Å²) in [6.45, 7) is 9.36. The molecule has 3 atom stereocenters. The number of nitrogens with one attached hydrogen (secondary N) is 1. The number of rotatable bonds is 13. The molecule has 11 heteroatoms. The van der Waals surface area contributed by atoms with E-state index in [1.54, 1.807) is 43.3 Å². The molecule has 0 aliphatic heterocycles. The highest BCUT2D eigenvalue weighted by Crippen LogP contribution is 2.32. The average molecular weight is 622 g/mol. The number of hydrogen-bond donors (Lipinski definition) is 4. The number of benzene rings is 3. The summed E-state index contributed by atoms with van der Waals surface area (Å²) >= 11 is 1.28. The molecule has 0 aliphatic rings. The zero-order valence-corrected chi connectivity index (χ0v) is 26.2. The summed E-state index contributed by atoms with van der Waals surface area (Å²) in [6, 6.07) is 18.9. The molecular formula is C32H39N5O4S2. The van der Waals surface area contributed by atoms with Gasteiger partial charge >= 0.3 is 0 Å². The predicted molar refractivity (Wildman–Crippen MR) is 175 cm³/mol. The number of thiazole rings is 1. The van der Waals surface area contributed by atoms with Crippen molar-refractivity contribution in [2.24, 2.45) is 5.92 Å². The zero-order valence-electron chi connectivity index (χ0n) is 24.6. The van der Waals surface area contributed by atoms with Gasteiger partial charge in [-0.3, -0.25) is 4.79 Å². The first-order valence-electron chi connectivity index (χ1n) is 14.1. The van der Waals surface area contributed by atoms with Crippen LogP contribution in [0.2, 0.25) is 0 Å². The van der Waals surface area contributed by atoms with Gasteiger partial charge in [0.2, 0.25) is 10.0 Å². The molecule has 1 amide bonds. The van der Waals surface area contributed by atoms with Gasteiger partial charge in [0.25, 0.3) is 5.91 Å². The van der Waals surface area contributed by atoms with Crippen LogP contribution in [0.3, 0.4) is 0 Å². The molecule has 0 saturated heterocycles. The molecule has 228 valence electrons. The molecule has 0 fully saturated rings. The maximum Gasteiger partial charge on any atom is 0.251 e. The smallest absolute Gasteiger partial charge is 0.251 e. The van der Waals surface area contributed by atoms with Gasteiger partial charge in [-0.25, -0.2) is 13.4 Å². The van der Waals surface area contributed by atoms with Gasteiger partial charge in [-0.15, -0.1) is 6.58 Å². The fourth-order valence-corrected chi connectivity index (χ4v) is 7.75. The standard InChI is InChI=1S/C32H39N5O4S2/c1-5-30(23-14-15-26-29(17-23)42-32(34)36-26)43(40,41)37(18-20(2)3)19-28(38)27(16-22-10-7-6-8-11-22)35-31(39)24-12-9-13-25(33)21(24)4/h5-15,17,20,27-28,30,38H,1,16,18-19,33H2,2-4H3,(H2,34,36)(H,35,39). The van der Waals surface area contributed by atoms with E-state index in [1.807, 2.05) is 44.2 Å². The SMILES string of the molecule is C=CC(c1ccc2nc(N)sc2c1)S(=O)(=O)N(CC(C)C)CC(O)C(Cc1ccccc1)NC(=O)c1cccc(N)c1C. The van der Waals surface area contributed by atoms with Crippen LogP contribution in [0.15, 0.2) is 79.4 Å². The molecule has 1 aromatic heterocycles. The normalized spacial score (nSPS) is 14.1. The Kier molecular flexibility index (Phi) is 10.2. The summed E-state index contributed by atoms with van der Waals surface area (Å²) in [5.74, 6) is -0.433. The Morgan fingerprint density at radius 3 is 2.49 bits per heavy atom. The Hall–Kier alpha value is -3.77. The number of aliphatic hydroxyl groups is 1. The fraction of sp³-hybridized carbons (Fsp3) is 0.312. The number of aliphatic hydroxyl groups excluding tert-OH is 1. The summed E-state index contributed by atoms with van der Waals surface area (Å²) in [4.78, 5) is 17.7. The maximum absolute atomic E-state index is 14.2. The number of nitrogens with zero attached hydrogens (tertiary/aromatic N) is 2. The molecule has 0 aliphatic carbocycles. The summed E-state index contributed by atoms with van der Waals surface area (Å²) < 4.78 is 30.4. The lowest BCUT2D eigenvalue weighted by Gasteiger charge is -2.32. The van der Waals surface area contributed by atoms with Crippen molar-refractivity contribution in [3.05, 3.63) is 102 Å². The highest BCUT2D eigenvalue weighted by molar-refractivity contribution is 7.89. The summed E-state index contributed by atoms with van der Waals surface area (Å²) in [7, 11) is -4.04. The molecule has 3 unspecified atom stereocenters. The van der Waals surface area contributed by atoms with E-state index in [1.165, 1.54) is 21.7 Å². The molecule has 0 saturated carbocycles.